The molecule has 0 saturated heterocycles. The van der Waals surface area contributed by atoms with Crippen LogP contribution in [0.4, 0.5) is 0 Å². The molecule has 0 spiro atoms. The third-order valence-electron chi connectivity index (χ3n) is 5.23. The second kappa shape index (κ2) is 9.16. The Hall–Kier alpha value is -3.77. The lowest BCUT2D eigenvalue weighted by atomic mass is 9.95. The standard InChI is InChI=1S/C25H21ClN2O4/c1-31-17-9-5-15(6-10-17)22(28-25(30)16-7-11-18(32-2)12-8-16)20-14-21(26)19-4-3-13-27-23(19)24(20)29/h3-14,22,29H,1-2H3,(H,28,30). The van der Waals surface area contributed by atoms with Gasteiger partial charge in [-0.1, -0.05) is 23.7 Å². The number of amides is 1. The molecule has 1 heterocycles. The van der Waals surface area contributed by atoms with Gasteiger partial charge in [0.05, 0.1) is 25.3 Å². The average molecular weight is 449 g/mol. The van der Waals surface area contributed by atoms with E-state index < -0.39 is 6.04 Å². The number of carbonyl (C=O) groups is 1. The summed E-state index contributed by atoms with van der Waals surface area (Å²) in [6.07, 6.45) is 1.58. The summed E-state index contributed by atoms with van der Waals surface area (Å²) >= 11 is 6.50. The van der Waals surface area contributed by atoms with Gasteiger partial charge in [0.2, 0.25) is 0 Å². The highest BCUT2D eigenvalue weighted by molar-refractivity contribution is 6.35. The van der Waals surface area contributed by atoms with Crippen LogP contribution in [-0.4, -0.2) is 30.2 Å². The van der Waals surface area contributed by atoms with Crippen molar-refractivity contribution >= 4 is 28.4 Å². The SMILES string of the molecule is COc1ccc(C(=O)NC(c2ccc(OC)cc2)c2cc(Cl)c3cccnc3c2O)cc1. The molecular formula is C25H21ClN2O4. The van der Waals surface area contributed by atoms with Crippen LogP contribution in [0.5, 0.6) is 17.2 Å². The van der Waals surface area contributed by atoms with Crippen molar-refractivity contribution in [3.8, 4) is 17.2 Å². The largest absolute Gasteiger partial charge is 0.505 e. The smallest absolute Gasteiger partial charge is 0.252 e. The first kappa shape index (κ1) is 21.5. The molecule has 0 aliphatic carbocycles. The summed E-state index contributed by atoms with van der Waals surface area (Å²) in [5.74, 6) is 0.973. The number of carbonyl (C=O) groups excluding carboxylic acids is 1. The van der Waals surface area contributed by atoms with E-state index in [1.165, 1.54) is 0 Å². The van der Waals surface area contributed by atoms with Gasteiger partial charge in [-0.05, 0) is 60.2 Å². The molecule has 0 radical (unpaired) electrons. The molecule has 7 heteroatoms. The van der Waals surface area contributed by atoms with Crippen LogP contribution in [0, 0.1) is 0 Å². The van der Waals surface area contributed by atoms with E-state index in [1.54, 1.807) is 75.0 Å². The van der Waals surface area contributed by atoms with Crippen molar-refractivity contribution in [2.75, 3.05) is 14.2 Å². The summed E-state index contributed by atoms with van der Waals surface area (Å²) in [6, 6.07) is 18.5. The number of benzene rings is 3. The van der Waals surface area contributed by atoms with Gasteiger partial charge in [0.1, 0.15) is 22.8 Å². The van der Waals surface area contributed by atoms with Gasteiger partial charge >= 0.3 is 0 Å². The monoisotopic (exact) mass is 448 g/mol. The van der Waals surface area contributed by atoms with Crippen molar-refractivity contribution in [3.63, 3.8) is 0 Å². The molecule has 1 unspecified atom stereocenters. The number of rotatable bonds is 6. The molecule has 2 N–H and O–H groups in total. The topological polar surface area (TPSA) is 80.7 Å². The lowest BCUT2D eigenvalue weighted by Gasteiger charge is -2.22. The number of fused-ring (bicyclic) bond motifs is 1. The molecule has 162 valence electrons. The summed E-state index contributed by atoms with van der Waals surface area (Å²) in [6.45, 7) is 0. The van der Waals surface area contributed by atoms with E-state index in [-0.39, 0.29) is 11.7 Å². The molecule has 1 atom stereocenters. The van der Waals surface area contributed by atoms with Crippen LogP contribution in [0.1, 0.15) is 27.5 Å². The maximum Gasteiger partial charge on any atom is 0.252 e. The summed E-state index contributed by atoms with van der Waals surface area (Å²) in [5.41, 5.74) is 2.00. The lowest BCUT2D eigenvalue weighted by Crippen LogP contribution is -2.29. The zero-order valence-corrected chi connectivity index (χ0v) is 18.3. The highest BCUT2D eigenvalue weighted by Crippen LogP contribution is 2.38. The van der Waals surface area contributed by atoms with E-state index in [9.17, 15) is 9.90 Å². The molecule has 1 amide bonds. The predicted octanol–water partition coefficient (Wildman–Crippen LogP) is 5.13. The number of aromatic hydroxyl groups is 1. The van der Waals surface area contributed by atoms with E-state index in [4.69, 9.17) is 21.1 Å². The Labute approximate surface area is 190 Å². The van der Waals surface area contributed by atoms with Gasteiger partial charge in [-0.15, -0.1) is 0 Å². The van der Waals surface area contributed by atoms with Crippen molar-refractivity contribution in [3.05, 3.63) is 94.6 Å². The van der Waals surface area contributed by atoms with Crippen LogP contribution in [0.3, 0.4) is 0 Å². The van der Waals surface area contributed by atoms with Crippen LogP contribution in [0.15, 0.2) is 72.9 Å². The predicted molar refractivity (Wildman–Crippen MR) is 124 cm³/mol. The first-order valence-corrected chi connectivity index (χ1v) is 10.2. The number of hydrogen-bond donors (Lipinski definition) is 2. The number of nitrogens with zero attached hydrogens (tertiary/aromatic N) is 1. The zero-order valence-electron chi connectivity index (χ0n) is 17.5. The second-order valence-corrected chi connectivity index (χ2v) is 7.51. The summed E-state index contributed by atoms with van der Waals surface area (Å²) in [4.78, 5) is 17.4. The molecule has 0 aliphatic heterocycles. The Bertz CT molecular complexity index is 1260. The van der Waals surface area contributed by atoms with Gasteiger partial charge in [0, 0.05) is 22.7 Å². The fourth-order valence-corrected chi connectivity index (χ4v) is 3.79. The van der Waals surface area contributed by atoms with Crippen molar-refractivity contribution in [1.82, 2.24) is 10.3 Å². The van der Waals surface area contributed by atoms with Gasteiger partial charge in [-0.25, -0.2) is 0 Å². The molecule has 6 nitrogen and oxygen atoms in total. The van der Waals surface area contributed by atoms with E-state index in [1.807, 2.05) is 12.1 Å². The minimum atomic E-state index is -0.681. The third kappa shape index (κ3) is 4.18. The maximum atomic E-state index is 13.1. The van der Waals surface area contributed by atoms with Gasteiger partial charge in [0.15, 0.2) is 0 Å². The van der Waals surface area contributed by atoms with Gasteiger partial charge in [-0.2, -0.15) is 0 Å². The van der Waals surface area contributed by atoms with Crippen LogP contribution >= 0.6 is 11.6 Å². The number of hydrogen-bond acceptors (Lipinski definition) is 5. The molecule has 32 heavy (non-hydrogen) atoms. The number of phenols is 1. The maximum absolute atomic E-state index is 13.1. The Morgan fingerprint density at radius 1 is 1.00 bits per heavy atom. The van der Waals surface area contributed by atoms with Crippen LogP contribution in [0.25, 0.3) is 10.9 Å². The minimum Gasteiger partial charge on any atom is -0.505 e. The van der Waals surface area contributed by atoms with Gasteiger partial charge < -0.3 is 19.9 Å². The van der Waals surface area contributed by atoms with Crippen molar-refractivity contribution in [1.29, 1.82) is 0 Å². The van der Waals surface area contributed by atoms with Gasteiger partial charge in [0.25, 0.3) is 5.91 Å². The molecule has 0 bridgehead atoms. The molecule has 0 fully saturated rings. The Morgan fingerprint density at radius 3 is 2.25 bits per heavy atom. The van der Waals surface area contributed by atoms with E-state index in [2.05, 4.69) is 10.3 Å². The fraction of sp³-hybridized carbons (Fsp3) is 0.120. The lowest BCUT2D eigenvalue weighted by molar-refractivity contribution is 0.0942. The molecular weight excluding hydrogens is 428 g/mol. The summed E-state index contributed by atoms with van der Waals surface area (Å²) < 4.78 is 10.4. The number of ether oxygens (including phenoxy) is 2. The Morgan fingerprint density at radius 2 is 1.62 bits per heavy atom. The van der Waals surface area contributed by atoms with Crippen LogP contribution in [-0.2, 0) is 0 Å². The highest BCUT2D eigenvalue weighted by Gasteiger charge is 2.24. The number of halogens is 1. The normalized spacial score (nSPS) is 11.7. The summed E-state index contributed by atoms with van der Waals surface area (Å²) in [7, 11) is 3.15. The second-order valence-electron chi connectivity index (χ2n) is 7.10. The first-order chi connectivity index (χ1) is 15.5. The van der Waals surface area contributed by atoms with E-state index in [0.717, 1.165) is 5.56 Å². The summed E-state index contributed by atoms with van der Waals surface area (Å²) in [5, 5.41) is 15.1. The molecule has 4 aromatic rings. The number of methoxy groups -OCH3 is 2. The molecule has 3 aromatic carbocycles. The number of aromatic nitrogens is 1. The van der Waals surface area contributed by atoms with Crippen LogP contribution < -0.4 is 14.8 Å². The minimum absolute atomic E-state index is 0.0409. The highest BCUT2D eigenvalue weighted by atomic mass is 35.5. The third-order valence-corrected chi connectivity index (χ3v) is 5.55. The fourth-order valence-electron chi connectivity index (χ4n) is 3.52. The number of nitrogens with one attached hydrogen (secondary N) is 1. The van der Waals surface area contributed by atoms with E-state index in [0.29, 0.717) is 38.6 Å². The van der Waals surface area contributed by atoms with E-state index >= 15 is 0 Å². The molecule has 1 aromatic heterocycles. The van der Waals surface area contributed by atoms with Crippen molar-refractivity contribution in [2.24, 2.45) is 0 Å². The average Bonchev–Trinajstić information content (AvgIpc) is 2.85. The van der Waals surface area contributed by atoms with Crippen molar-refractivity contribution in [2.45, 2.75) is 6.04 Å². The molecule has 0 aliphatic rings. The molecule has 0 saturated carbocycles. The number of phenolic OH excluding ortho intramolecular Hbond substituents is 1. The van der Waals surface area contributed by atoms with Gasteiger partial charge in [-0.3, -0.25) is 9.78 Å². The Balaban J connectivity index is 1.79. The number of pyridine rings is 1. The van der Waals surface area contributed by atoms with Crippen LogP contribution in [0.2, 0.25) is 5.02 Å². The molecule has 4 rings (SSSR count). The zero-order chi connectivity index (χ0) is 22.7. The quantitative estimate of drug-likeness (QED) is 0.427. The van der Waals surface area contributed by atoms with Crippen molar-refractivity contribution < 1.29 is 19.4 Å². The first-order valence-electron chi connectivity index (χ1n) is 9.86. The Kier molecular flexibility index (Phi) is 6.14.